The minimum Gasteiger partial charge on any atom is -0.489 e. The number of rotatable bonds is 5. The van der Waals surface area contributed by atoms with Gasteiger partial charge in [-0.2, -0.15) is 4.98 Å². The van der Waals surface area contributed by atoms with Gasteiger partial charge in [-0.05, 0) is 75.9 Å². The Hall–Kier alpha value is -2.94. The quantitative estimate of drug-likeness (QED) is 0.542. The first-order chi connectivity index (χ1) is 16.8. The molecule has 0 unspecified atom stereocenters. The molecule has 0 spiro atoms. The molecule has 0 saturated carbocycles. The molecule has 2 aliphatic rings. The predicted molar refractivity (Wildman–Crippen MR) is 134 cm³/mol. The maximum atomic E-state index is 6.16. The Labute approximate surface area is 206 Å². The highest BCUT2D eigenvalue weighted by molar-refractivity contribution is 5.67. The van der Waals surface area contributed by atoms with E-state index in [2.05, 4.69) is 33.2 Å². The highest BCUT2D eigenvalue weighted by atomic mass is 16.7. The summed E-state index contributed by atoms with van der Waals surface area (Å²) in [5.74, 6) is 1.17. The lowest BCUT2D eigenvalue weighted by Gasteiger charge is -2.39. The molecule has 1 aromatic heterocycles. The third kappa shape index (κ3) is 5.34. The lowest BCUT2D eigenvalue weighted by Crippen LogP contribution is -2.51. The predicted octanol–water partition coefficient (Wildman–Crippen LogP) is 4.33. The van der Waals surface area contributed by atoms with E-state index in [0.29, 0.717) is 42.4 Å². The summed E-state index contributed by atoms with van der Waals surface area (Å²) in [6.07, 6.45) is 2.01. The number of nitrogen functional groups attached to an aromatic ring is 1. The molecule has 2 N–H and O–H groups in total. The maximum Gasteiger partial charge on any atom is 0.258 e. The van der Waals surface area contributed by atoms with Crippen molar-refractivity contribution in [3.05, 3.63) is 47.5 Å². The van der Waals surface area contributed by atoms with Gasteiger partial charge in [0.25, 0.3) is 5.89 Å². The lowest BCUT2D eigenvalue weighted by atomic mass is 10.00. The van der Waals surface area contributed by atoms with Crippen LogP contribution in [-0.4, -0.2) is 59.3 Å². The Morgan fingerprint density at radius 1 is 1.00 bits per heavy atom. The second kappa shape index (κ2) is 9.60. The van der Waals surface area contributed by atoms with Gasteiger partial charge in [0, 0.05) is 24.2 Å². The van der Waals surface area contributed by atoms with E-state index in [1.165, 1.54) is 11.1 Å². The number of ether oxygens (including phenoxy) is 3. The van der Waals surface area contributed by atoms with E-state index in [-0.39, 0.29) is 6.10 Å². The molecular formula is C27H34N4O4. The molecule has 5 rings (SSSR count). The van der Waals surface area contributed by atoms with Crippen molar-refractivity contribution >= 4 is 5.69 Å². The van der Waals surface area contributed by atoms with Crippen molar-refractivity contribution < 1.29 is 18.7 Å². The normalized spacial score (nSPS) is 18.9. The van der Waals surface area contributed by atoms with Crippen molar-refractivity contribution in [1.29, 1.82) is 0 Å². The third-order valence-electron chi connectivity index (χ3n) is 6.61. The molecule has 0 aliphatic carbocycles. The van der Waals surface area contributed by atoms with Gasteiger partial charge in [0.2, 0.25) is 5.82 Å². The Balaban J connectivity index is 1.29. The van der Waals surface area contributed by atoms with Crippen LogP contribution in [0.15, 0.2) is 40.9 Å². The monoisotopic (exact) mass is 478 g/mol. The van der Waals surface area contributed by atoms with Gasteiger partial charge in [-0.15, -0.1) is 0 Å². The van der Waals surface area contributed by atoms with Gasteiger partial charge >= 0.3 is 0 Å². The first kappa shape index (κ1) is 23.8. The summed E-state index contributed by atoms with van der Waals surface area (Å²) in [4.78, 5) is 7.12. The fourth-order valence-electron chi connectivity index (χ4n) is 4.64. The number of hydrogen-bond donors (Lipinski definition) is 1. The molecule has 0 amide bonds. The van der Waals surface area contributed by atoms with Crippen molar-refractivity contribution in [1.82, 2.24) is 15.0 Å². The number of nitrogens with zero attached hydrogens (tertiary/aromatic N) is 3. The highest BCUT2D eigenvalue weighted by Gasteiger charge is 2.32. The highest BCUT2D eigenvalue weighted by Crippen LogP contribution is 2.31. The van der Waals surface area contributed by atoms with Crippen LogP contribution in [0.2, 0.25) is 0 Å². The topological polar surface area (TPSA) is 95.9 Å². The maximum absolute atomic E-state index is 6.16. The van der Waals surface area contributed by atoms with E-state index < -0.39 is 5.79 Å². The molecule has 2 aromatic carbocycles. The van der Waals surface area contributed by atoms with Crippen LogP contribution in [0.1, 0.15) is 38.8 Å². The summed E-state index contributed by atoms with van der Waals surface area (Å²) < 4.78 is 23.1. The Morgan fingerprint density at radius 3 is 2.43 bits per heavy atom. The SMILES string of the molecule is CC(C)Oc1ccc(-c2nc(-c3ccc4c(c3)CCN(C3COC(C)(C)OC3)CC4)no2)cc1N. The van der Waals surface area contributed by atoms with Crippen LogP contribution in [0, 0.1) is 0 Å². The van der Waals surface area contributed by atoms with Crippen LogP contribution >= 0.6 is 0 Å². The molecule has 186 valence electrons. The van der Waals surface area contributed by atoms with Crippen LogP contribution in [0.25, 0.3) is 22.8 Å². The fraction of sp³-hybridized carbons (Fsp3) is 0.481. The van der Waals surface area contributed by atoms with Gasteiger partial charge in [-0.3, -0.25) is 4.90 Å². The second-order valence-corrected chi connectivity index (χ2v) is 10.0. The second-order valence-electron chi connectivity index (χ2n) is 10.0. The van der Waals surface area contributed by atoms with Crippen LogP contribution in [0.5, 0.6) is 5.75 Å². The number of aromatic nitrogens is 2. The Kier molecular flexibility index (Phi) is 6.53. The first-order valence-corrected chi connectivity index (χ1v) is 12.3. The van der Waals surface area contributed by atoms with E-state index in [1.807, 2.05) is 39.8 Å². The van der Waals surface area contributed by atoms with Gasteiger partial charge in [0.05, 0.1) is 31.0 Å². The number of hydrogen-bond acceptors (Lipinski definition) is 8. The molecule has 0 bridgehead atoms. The van der Waals surface area contributed by atoms with Gasteiger partial charge in [0.15, 0.2) is 5.79 Å². The number of nitrogens with two attached hydrogens (primary N) is 1. The summed E-state index contributed by atoms with van der Waals surface area (Å²) >= 11 is 0. The van der Waals surface area contributed by atoms with E-state index in [9.17, 15) is 0 Å². The molecule has 0 atom stereocenters. The zero-order chi connectivity index (χ0) is 24.6. The van der Waals surface area contributed by atoms with Gasteiger partial charge in [-0.25, -0.2) is 0 Å². The molecule has 1 fully saturated rings. The molecule has 8 nitrogen and oxygen atoms in total. The van der Waals surface area contributed by atoms with Crippen molar-refractivity contribution in [3.8, 4) is 28.6 Å². The smallest absolute Gasteiger partial charge is 0.258 e. The molecule has 3 aromatic rings. The van der Waals surface area contributed by atoms with Crippen molar-refractivity contribution in [3.63, 3.8) is 0 Å². The zero-order valence-electron chi connectivity index (χ0n) is 20.9. The van der Waals surface area contributed by atoms with Crippen molar-refractivity contribution in [2.75, 3.05) is 32.0 Å². The Bertz CT molecular complexity index is 1180. The molecule has 8 heteroatoms. The van der Waals surface area contributed by atoms with E-state index in [4.69, 9.17) is 24.5 Å². The van der Waals surface area contributed by atoms with Gasteiger partial charge < -0.3 is 24.5 Å². The summed E-state index contributed by atoms with van der Waals surface area (Å²) in [5.41, 5.74) is 11.1. The fourth-order valence-corrected chi connectivity index (χ4v) is 4.64. The van der Waals surface area contributed by atoms with Crippen molar-refractivity contribution in [2.45, 2.75) is 58.5 Å². The van der Waals surface area contributed by atoms with Crippen molar-refractivity contribution in [2.24, 2.45) is 0 Å². The number of benzene rings is 2. The summed E-state index contributed by atoms with van der Waals surface area (Å²) in [7, 11) is 0. The molecule has 35 heavy (non-hydrogen) atoms. The van der Waals surface area contributed by atoms with E-state index in [0.717, 1.165) is 37.1 Å². The molecular weight excluding hydrogens is 444 g/mol. The van der Waals surface area contributed by atoms with Gasteiger partial charge in [-0.1, -0.05) is 17.3 Å². The zero-order valence-corrected chi connectivity index (χ0v) is 20.9. The Morgan fingerprint density at radius 2 is 1.71 bits per heavy atom. The average Bonchev–Trinajstić information content (AvgIpc) is 3.22. The van der Waals surface area contributed by atoms with Crippen LogP contribution < -0.4 is 10.5 Å². The standard InChI is InChI=1S/C27H34N4O4/c1-17(2)34-24-8-7-21(14-23(24)28)26-29-25(30-35-26)20-6-5-18-9-11-31(12-10-19(18)13-20)22-15-32-27(3,4)33-16-22/h5-8,13-14,17,22H,9-12,15-16,28H2,1-4H3. The molecule has 1 saturated heterocycles. The average molecular weight is 479 g/mol. The molecule has 2 aliphatic heterocycles. The minimum atomic E-state index is -0.487. The first-order valence-electron chi connectivity index (χ1n) is 12.3. The summed E-state index contributed by atoms with van der Waals surface area (Å²) in [6.45, 7) is 11.2. The van der Waals surface area contributed by atoms with E-state index in [1.54, 1.807) is 6.07 Å². The van der Waals surface area contributed by atoms with Crippen LogP contribution in [0.4, 0.5) is 5.69 Å². The summed E-state index contributed by atoms with van der Waals surface area (Å²) in [6, 6.07) is 12.3. The third-order valence-corrected chi connectivity index (χ3v) is 6.61. The van der Waals surface area contributed by atoms with Crippen LogP contribution in [-0.2, 0) is 22.3 Å². The molecule has 3 heterocycles. The lowest BCUT2D eigenvalue weighted by molar-refractivity contribution is -0.263. The number of anilines is 1. The largest absolute Gasteiger partial charge is 0.489 e. The molecule has 0 radical (unpaired) electrons. The van der Waals surface area contributed by atoms with Crippen LogP contribution in [0.3, 0.4) is 0 Å². The number of fused-ring (bicyclic) bond motifs is 1. The summed E-state index contributed by atoms with van der Waals surface area (Å²) in [5, 5.41) is 4.24. The minimum absolute atomic E-state index is 0.0509. The van der Waals surface area contributed by atoms with E-state index >= 15 is 0 Å². The van der Waals surface area contributed by atoms with Gasteiger partial charge in [0.1, 0.15) is 5.75 Å².